The highest BCUT2D eigenvalue weighted by molar-refractivity contribution is 9.10. The Morgan fingerprint density at radius 3 is 2.83 bits per heavy atom. The average molecular weight is 233 g/mol. The minimum atomic E-state index is -0.936. The molecule has 1 aromatic rings. The maximum atomic E-state index is 10.6. The number of nitrogens with zero attached hydrogens (tertiary/aromatic N) is 1. The van der Waals surface area contributed by atoms with Gasteiger partial charge in [-0.3, -0.25) is 0 Å². The summed E-state index contributed by atoms with van der Waals surface area (Å²) in [7, 11) is 0. The zero-order chi connectivity index (χ0) is 9.14. The fourth-order valence-electron chi connectivity index (χ4n) is 0.986. The van der Waals surface area contributed by atoms with Gasteiger partial charge in [0.2, 0.25) is 0 Å². The van der Waals surface area contributed by atoms with Crippen molar-refractivity contribution in [1.29, 1.82) is 0 Å². The topological polar surface area (TPSA) is 68.2 Å². The van der Waals surface area contributed by atoms with Crippen LogP contribution in [0.15, 0.2) is 16.7 Å². The molecule has 0 fully saturated rings. The first-order chi connectivity index (χ1) is 5.66. The monoisotopic (exact) mass is 232 g/mol. The van der Waals surface area contributed by atoms with Crippen LogP contribution in [0, 0.1) is 0 Å². The second-order valence-electron chi connectivity index (χ2n) is 2.29. The number of carbonyl (C=O) groups is 1. The van der Waals surface area contributed by atoms with Gasteiger partial charge in [0.25, 0.3) is 0 Å². The summed E-state index contributed by atoms with van der Waals surface area (Å²) in [6.45, 7) is 0.933. The molecule has 1 heterocycles. The highest BCUT2D eigenvalue weighted by Gasteiger charge is 2.10. The van der Waals surface area contributed by atoms with E-state index < -0.39 is 5.97 Å². The molecule has 0 bridgehead atoms. The minimum Gasteiger partial charge on any atom is -0.477 e. The third-order valence-electron chi connectivity index (χ3n) is 1.50. The first-order valence-corrected chi connectivity index (χ1v) is 4.24. The average Bonchev–Trinajstić information content (AvgIpc) is 2.34. The first kappa shape index (κ1) is 9.28. The third-order valence-corrected chi connectivity index (χ3v) is 2.19. The van der Waals surface area contributed by atoms with Gasteiger partial charge in [-0.15, -0.1) is 0 Å². The van der Waals surface area contributed by atoms with E-state index in [1.807, 2.05) is 0 Å². The van der Waals surface area contributed by atoms with Crippen molar-refractivity contribution in [3.05, 3.63) is 22.4 Å². The SMILES string of the molecule is NCCn1c(Br)ccc1C(=O)O. The number of hydrogen-bond donors (Lipinski definition) is 2. The van der Waals surface area contributed by atoms with Gasteiger partial charge in [-0.25, -0.2) is 4.79 Å². The van der Waals surface area contributed by atoms with E-state index in [1.54, 1.807) is 16.7 Å². The summed E-state index contributed by atoms with van der Waals surface area (Å²) < 4.78 is 2.35. The van der Waals surface area contributed by atoms with E-state index in [2.05, 4.69) is 15.9 Å². The van der Waals surface area contributed by atoms with E-state index >= 15 is 0 Å². The number of hydrogen-bond acceptors (Lipinski definition) is 2. The number of carboxylic acid groups (broad SMARTS) is 1. The van der Waals surface area contributed by atoms with Gasteiger partial charge in [-0.2, -0.15) is 0 Å². The van der Waals surface area contributed by atoms with Crippen LogP contribution in [0.1, 0.15) is 10.5 Å². The van der Waals surface area contributed by atoms with Crippen molar-refractivity contribution in [2.24, 2.45) is 5.73 Å². The summed E-state index contributed by atoms with van der Waals surface area (Å²) in [5.41, 5.74) is 5.58. The predicted octanol–water partition coefficient (Wildman–Crippen LogP) is 0.907. The van der Waals surface area contributed by atoms with Crippen molar-refractivity contribution in [1.82, 2.24) is 4.57 Å². The summed E-state index contributed by atoms with van der Waals surface area (Å²) in [5.74, 6) is -0.936. The molecular weight excluding hydrogens is 224 g/mol. The van der Waals surface area contributed by atoms with Gasteiger partial charge in [0.15, 0.2) is 0 Å². The molecule has 1 aromatic heterocycles. The molecule has 0 aliphatic rings. The quantitative estimate of drug-likeness (QED) is 0.815. The van der Waals surface area contributed by atoms with Crippen LogP contribution in [0.4, 0.5) is 0 Å². The lowest BCUT2D eigenvalue weighted by Crippen LogP contribution is -2.15. The predicted molar refractivity (Wildman–Crippen MR) is 48.1 cm³/mol. The van der Waals surface area contributed by atoms with Crippen LogP contribution in [0.2, 0.25) is 0 Å². The van der Waals surface area contributed by atoms with Crippen molar-refractivity contribution in [3.8, 4) is 0 Å². The molecule has 4 nitrogen and oxygen atoms in total. The van der Waals surface area contributed by atoms with E-state index in [0.29, 0.717) is 13.1 Å². The molecule has 0 amide bonds. The van der Waals surface area contributed by atoms with Crippen molar-refractivity contribution in [2.45, 2.75) is 6.54 Å². The molecule has 0 aliphatic carbocycles. The van der Waals surface area contributed by atoms with E-state index in [0.717, 1.165) is 4.60 Å². The standard InChI is InChI=1S/C7H9BrN2O2/c8-6-2-1-5(7(11)12)10(6)4-3-9/h1-2H,3-4,9H2,(H,11,12). The third kappa shape index (κ3) is 1.67. The van der Waals surface area contributed by atoms with Crippen LogP contribution in [0.25, 0.3) is 0 Å². The Morgan fingerprint density at radius 1 is 1.67 bits per heavy atom. The molecule has 0 unspecified atom stereocenters. The van der Waals surface area contributed by atoms with E-state index in [-0.39, 0.29) is 5.69 Å². The Kier molecular flexibility index (Phi) is 2.88. The summed E-state index contributed by atoms with van der Waals surface area (Å²) in [5, 5.41) is 8.72. The van der Waals surface area contributed by atoms with Gasteiger partial charge in [-0.05, 0) is 28.1 Å². The Labute approximate surface area is 78.1 Å². The van der Waals surface area contributed by atoms with Crippen LogP contribution in [-0.4, -0.2) is 22.2 Å². The van der Waals surface area contributed by atoms with Crippen LogP contribution in [0.3, 0.4) is 0 Å². The lowest BCUT2D eigenvalue weighted by Gasteiger charge is -2.04. The largest absolute Gasteiger partial charge is 0.477 e. The van der Waals surface area contributed by atoms with Crippen molar-refractivity contribution in [2.75, 3.05) is 6.54 Å². The number of aromatic nitrogens is 1. The first-order valence-electron chi connectivity index (χ1n) is 3.45. The Morgan fingerprint density at radius 2 is 2.33 bits per heavy atom. The molecule has 0 aliphatic heterocycles. The maximum Gasteiger partial charge on any atom is 0.352 e. The van der Waals surface area contributed by atoms with E-state index in [9.17, 15) is 4.79 Å². The zero-order valence-electron chi connectivity index (χ0n) is 6.33. The van der Waals surface area contributed by atoms with Gasteiger partial charge in [0, 0.05) is 13.1 Å². The second-order valence-corrected chi connectivity index (χ2v) is 3.10. The number of rotatable bonds is 3. The highest BCUT2D eigenvalue weighted by Crippen LogP contribution is 2.14. The van der Waals surface area contributed by atoms with Crippen LogP contribution < -0.4 is 5.73 Å². The summed E-state index contributed by atoms with van der Waals surface area (Å²) in [6, 6.07) is 3.24. The maximum absolute atomic E-state index is 10.6. The zero-order valence-corrected chi connectivity index (χ0v) is 7.91. The molecule has 12 heavy (non-hydrogen) atoms. The van der Waals surface area contributed by atoms with E-state index in [1.165, 1.54) is 0 Å². The Balaban J connectivity index is 3.03. The molecular formula is C7H9BrN2O2. The molecule has 0 atom stereocenters. The Hall–Kier alpha value is -0.810. The lowest BCUT2D eigenvalue weighted by molar-refractivity contribution is 0.0685. The molecule has 3 N–H and O–H groups in total. The van der Waals surface area contributed by atoms with Crippen molar-refractivity contribution in [3.63, 3.8) is 0 Å². The molecule has 5 heteroatoms. The molecule has 0 saturated heterocycles. The van der Waals surface area contributed by atoms with Crippen LogP contribution in [0.5, 0.6) is 0 Å². The molecule has 0 spiro atoms. The minimum absolute atomic E-state index is 0.257. The van der Waals surface area contributed by atoms with Gasteiger partial charge in [-0.1, -0.05) is 0 Å². The summed E-state index contributed by atoms with van der Waals surface area (Å²) >= 11 is 3.23. The fraction of sp³-hybridized carbons (Fsp3) is 0.286. The normalized spacial score (nSPS) is 10.2. The second kappa shape index (κ2) is 3.73. The molecule has 0 aromatic carbocycles. The van der Waals surface area contributed by atoms with Gasteiger partial charge in [0.05, 0.1) is 4.60 Å². The molecule has 0 saturated carbocycles. The smallest absolute Gasteiger partial charge is 0.352 e. The van der Waals surface area contributed by atoms with Gasteiger partial charge >= 0.3 is 5.97 Å². The number of nitrogens with two attached hydrogens (primary N) is 1. The van der Waals surface area contributed by atoms with E-state index in [4.69, 9.17) is 10.8 Å². The molecule has 1 rings (SSSR count). The van der Waals surface area contributed by atoms with Crippen LogP contribution in [-0.2, 0) is 6.54 Å². The summed E-state index contributed by atoms with van der Waals surface area (Å²) in [4.78, 5) is 10.6. The van der Waals surface area contributed by atoms with Gasteiger partial charge < -0.3 is 15.4 Å². The highest BCUT2D eigenvalue weighted by atomic mass is 79.9. The fourth-order valence-corrected chi connectivity index (χ4v) is 1.49. The Bertz CT molecular complexity index is 296. The number of carboxylic acids is 1. The van der Waals surface area contributed by atoms with Crippen molar-refractivity contribution < 1.29 is 9.90 Å². The van der Waals surface area contributed by atoms with Crippen LogP contribution >= 0.6 is 15.9 Å². The molecule has 66 valence electrons. The number of halogens is 1. The number of aromatic carboxylic acids is 1. The van der Waals surface area contributed by atoms with Gasteiger partial charge in [0.1, 0.15) is 5.69 Å². The summed E-state index contributed by atoms with van der Waals surface area (Å²) in [6.07, 6.45) is 0. The molecule has 0 radical (unpaired) electrons. The van der Waals surface area contributed by atoms with Crippen molar-refractivity contribution >= 4 is 21.9 Å². The lowest BCUT2D eigenvalue weighted by atomic mass is 10.4.